The van der Waals surface area contributed by atoms with Crippen LogP contribution in [0.15, 0.2) is 48.7 Å². The normalized spacial score (nSPS) is 17.9. The van der Waals surface area contributed by atoms with Gasteiger partial charge in [0.15, 0.2) is 11.6 Å². The SMILES string of the molecule is COc1ccc(-c2cc(Nc3nc(NC4CCCCC4N)c(F)cc3C(N)=O)ccn2)cc1. The standard InChI is InChI=1S/C24H27FN6O2/c1-33-16-8-6-14(7-9-16)21-12-15(10-11-28-21)29-23-17(22(27)32)13-18(25)24(31-23)30-20-5-3-2-4-19(20)26/h6-13,19-20H,2-5,26H2,1H3,(H2,27,32)(H2,28,29,30,31). The first-order chi connectivity index (χ1) is 15.9. The molecular weight excluding hydrogens is 423 g/mol. The number of nitrogens with one attached hydrogen (secondary N) is 2. The minimum Gasteiger partial charge on any atom is -0.497 e. The van der Waals surface area contributed by atoms with Crippen LogP contribution in [0.5, 0.6) is 5.75 Å². The molecule has 1 aliphatic rings. The second kappa shape index (κ2) is 9.83. The first kappa shape index (κ1) is 22.5. The molecule has 0 bridgehead atoms. The molecular formula is C24H27FN6O2. The number of ether oxygens (including phenoxy) is 1. The zero-order valence-electron chi connectivity index (χ0n) is 18.3. The van der Waals surface area contributed by atoms with Gasteiger partial charge in [0.05, 0.1) is 18.4 Å². The van der Waals surface area contributed by atoms with E-state index in [9.17, 15) is 9.18 Å². The molecule has 0 aliphatic heterocycles. The molecule has 2 aromatic heterocycles. The maximum atomic E-state index is 14.7. The van der Waals surface area contributed by atoms with Crippen molar-refractivity contribution in [3.63, 3.8) is 0 Å². The number of halogens is 1. The fourth-order valence-corrected chi connectivity index (χ4v) is 3.95. The Morgan fingerprint density at radius 1 is 1.12 bits per heavy atom. The smallest absolute Gasteiger partial charge is 0.252 e. The highest BCUT2D eigenvalue weighted by atomic mass is 19.1. The summed E-state index contributed by atoms with van der Waals surface area (Å²) in [5.74, 6) is -0.501. The maximum absolute atomic E-state index is 14.7. The van der Waals surface area contributed by atoms with Crippen molar-refractivity contribution in [1.82, 2.24) is 9.97 Å². The number of hydrogen-bond acceptors (Lipinski definition) is 7. The van der Waals surface area contributed by atoms with Crippen molar-refractivity contribution in [2.45, 2.75) is 37.8 Å². The molecule has 9 heteroatoms. The van der Waals surface area contributed by atoms with E-state index in [1.807, 2.05) is 30.3 Å². The highest BCUT2D eigenvalue weighted by Crippen LogP contribution is 2.28. The summed E-state index contributed by atoms with van der Waals surface area (Å²) in [4.78, 5) is 20.7. The Morgan fingerprint density at radius 2 is 1.88 bits per heavy atom. The molecule has 172 valence electrons. The number of methoxy groups -OCH3 is 1. The van der Waals surface area contributed by atoms with E-state index in [2.05, 4.69) is 20.6 Å². The van der Waals surface area contributed by atoms with Crippen molar-refractivity contribution in [3.05, 3.63) is 60.0 Å². The lowest BCUT2D eigenvalue weighted by Gasteiger charge is -2.30. The first-order valence-corrected chi connectivity index (χ1v) is 10.8. The van der Waals surface area contributed by atoms with Crippen molar-refractivity contribution in [2.75, 3.05) is 17.7 Å². The predicted octanol–water partition coefficient (Wildman–Crippen LogP) is 3.82. The van der Waals surface area contributed by atoms with E-state index < -0.39 is 11.7 Å². The summed E-state index contributed by atoms with van der Waals surface area (Å²) in [5.41, 5.74) is 13.8. The van der Waals surface area contributed by atoms with Crippen LogP contribution in [0.3, 0.4) is 0 Å². The zero-order chi connectivity index (χ0) is 23.4. The summed E-state index contributed by atoms with van der Waals surface area (Å²) in [6, 6.07) is 11.9. The molecule has 1 saturated carbocycles. The zero-order valence-corrected chi connectivity index (χ0v) is 18.3. The average molecular weight is 451 g/mol. The Kier molecular flexibility index (Phi) is 6.69. The second-order valence-corrected chi connectivity index (χ2v) is 8.06. The van der Waals surface area contributed by atoms with Gasteiger partial charge in [-0.2, -0.15) is 0 Å². The van der Waals surface area contributed by atoms with Gasteiger partial charge in [-0.3, -0.25) is 9.78 Å². The number of aromatic nitrogens is 2. The van der Waals surface area contributed by atoms with E-state index in [0.29, 0.717) is 11.4 Å². The Bertz CT molecular complexity index is 1140. The average Bonchev–Trinajstić information content (AvgIpc) is 2.82. The number of carbonyl (C=O) groups excluding carboxylic acids is 1. The van der Waals surface area contributed by atoms with Gasteiger partial charge in [-0.25, -0.2) is 9.37 Å². The number of carbonyl (C=O) groups is 1. The van der Waals surface area contributed by atoms with Crippen molar-refractivity contribution in [1.29, 1.82) is 0 Å². The maximum Gasteiger partial charge on any atom is 0.252 e. The van der Waals surface area contributed by atoms with Gasteiger partial charge in [0, 0.05) is 29.5 Å². The molecule has 1 fully saturated rings. The highest BCUT2D eigenvalue weighted by molar-refractivity contribution is 5.98. The highest BCUT2D eigenvalue weighted by Gasteiger charge is 2.24. The molecule has 8 nitrogen and oxygen atoms in total. The Hall–Kier alpha value is -3.72. The number of hydrogen-bond donors (Lipinski definition) is 4. The van der Waals surface area contributed by atoms with Gasteiger partial charge >= 0.3 is 0 Å². The third-order valence-electron chi connectivity index (χ3n) is 5.79. The number of nitrogens with zero attached hydrogens (tertiary/aromatic N) is 2. The molecule has 1 amide bonds. The van der Waals surface area contributed by atoms with Gasteiger partial charge in [-0.1, -0.05) is 12.8 Å². The molecule has 33 heavy (non-hydrogen) atoms. The summed E-state index contributed by atoms with van der Waals surface area (Å²) in [6.07, 6.45) is 5.41. The predicted molar refractivity (Wildman–Crippen MR) is 126 cm³/mol. The Balaban J connectivity index is 1.63. The van der Waals surface area contributed by atoms with E-state index in [0.717, 1.165) is 43.1 Å². The number of pyridine rings is 2. The van der Waals surface area contributed by atoms with Gasteiger partial charge in [-0.15, -0.1) is 0 Å². The fraction of sp³-hybridized carbons (Fsp3) is 0.292. The summed E-state index contributed by atoms with van der Waals surface area (Å²) >= 11 is 0. The molecule has 0 saturated heterocycles. The fourth-order valence-electron chi connectivity index (χ4n) is 3.95. The van der Waals surface area contributed by atoms with E-state index in [1.165, 1.54) is 0 Å². The molecule has 2 atom stereocenters. The van der Waals surface area contributed by atoms with E-state index in [-0.39, 0.29) is 29.3 Å². The van der Waals surface area contributed by atoms with Gasteiger partial charge in [0.2, 0.25) is 0 Å². The summed E-state index contributed by atoms with van der Waals surface area (Å²) in [5, 5.41) is 6.20. The quantitative estimate of drug-likeness (QED) is 0.431. The number of benzene rings is 1. The summed E-state index contributed by atoms with van der Waals surface area (Å²) < 4.78 is 19.9. The Labute approximate surface area is 191 Å². The van der Waals surface area contributed by atoms with E-state index in [1.54, 1.807) is 19.4 Å². The van der Waals surface area contributed by atoms with Crippen LogP contribution in [0, 0.1) is 5.82 Å². The lowest BCUT2D eigenvalue weighted by molar-refractivity contribution is 0.100. The molecule has 1 aromatic carbocycles. The third kappa shape index (κ3) is 5.20. The number of rotatable bonds is 7. The van der Waals surface area contributed by atoms with Gasteiger partial charge in [0.25, 0.3) is 5.91 Å². The van der Waals surface area contributed by atoms with Crippen LogP contribution in [0.2, 0.25) is 0 Å². The summed E-state index contributed by atoms with van der Waals surface area (Å²) in [6.45, 7) is 0. The molecule has 3 aromatic rings. The van der Waals surface area contributed by atoms with Crippen LogP contribution in [0.25, 0.3) is 11.3 Å². The van der Waals surface area contributed by atoms with Crippen molar-refractivity contribution >= 4 is 23.2 Å². The topological polar surface area (TPSA) is 128 Å². The van der Waals surface area contributed by atoms with Crippen molar-refractivity contribution in [3.8, 4) is 17.0 Å². The van der Waals surface area contributed by atoms with Gasteiger partial charge < -0.3 is 26.8 Å². The van der Waals surface area contributed by atoms with E-state index in [4.69, 9.17) is 16.2 Å². The van der Waals surface area contributed by atoms with Crippen LogP contribution >= 0.6 is 0 Å². The van der Waals surface area contributed by atoms with Crippen molar-refractivity contribution in [2.24, 2.45) is 11.5 Å². The second-order valence-electron chi connectivity index (χ2n) is 8.06. The first-order valence-electron chi connectivity index (χ1n) is 10.8. The lowest BCUT2D eigenvalue weighted by Crippen LogP contribution is -2.43. The van der Waals surface area contributed by atoms with E-state index >= 15 is 0 Å². The van der Waals surface area contributed by atoms with Crippen molar-refractivity contribution < 1.29 is 13.9 Å². The molecule has 1 aliphatic carbocycles. The minimum absolute atomic E-state index is 0.0364. The third-order valence-corrected chi connectivity index (χ3v) is 5.79. The Morgan fingerprint density at radius 3 is 2.58 bits per heavy atom. The molecule has 6 N–H and O–H groups in total. The van der Waals surface area contributed by atoms with Crippen LogP contribution in [0.4, 0.5) is 21.7 Å². The lowest BCUT2D eigenvalue weighted by atomic mass is 9.91. The van der Waals surface area contributed by atoms with Crippen LogP contribution < -0.4 is 26.8 Å². The summed E-state index contributed by atoms with van der Waals surface area (Å²) in [7, 11) is 1.61. The number of anilines is 3. The van der Waals surface area contributed by atoms with Gasteiger partial charge in [0.1, 0.15) is 11.6 Å². The number of amides is 1. The van der Waals surface area contributed by atoms with Gasteiger partial charge in [-0.05, 0) is 55.3 Å². The molecule has 2 heterocycles. The monoisotopic (exact) mass is 450 g/mol. The largest absolute Gasteiger partial charge is 0.497 e. The molecule has 0 radical (unpaired) electrons. The van der Waals surface area contributed by atoms with Crippen LogP contribution in [-0.4, -0.2) is 35.1 Å². The minimum atomic E-state index is -0.783. The number of nitrogens with two attached hydrogens (primary N) is 2. The van der Waals surface area contributed by atoms with Crippen LogP contribution in [-0.2, 0) is 0 Å². The molecule has 2 unspecified atom stereocenters. The molecule has 0 spiro atoms. The molecule has 4 rings (SSSR count). The van der Waals surface area contributed by atoms with Crippen LogP contribution in [0.1, 0.15) is 36.0 Å². The number of primary amides is 1.